The molecule has 2 amide bonds. The lowest BCUT2D eigenvalue weighted by Gasteiger charge is -2.22. The van der Waals surface area contributed by atoms with Gasteiger partial charge in [0.1, 0.15) is 17.1 Å². The number of para-hydroxylation sites is 2. The Morgan fingerprint density at radius 1 is 1.03 bits per heavy atom. The number of carbonyl (C=O) groups excluding carboxylic acids is 2. The fourth-order valence-corrected chi connectivity index (χ4v) is 3.08. The van der Waals surface area contributed by atoms with Crippen LogP contribution in [0.1, 0.15) is 17.4 Å². The van der Waals surface area contributed by atoms with E-state index in [2.05, 4.69) is 10.6 Å². The highest BCUT2D eigenvalue weighted by molar-refractivity contribution is 6.35. The van der Waals surface area contributed by atoms with Crippen molar-refractivity contribution < 1.29 is 18.7 Å². The molecule has 0 fully saturated rings. The smallest absolute Gasteiger partial charge is 0.309 e. The van der Waals surface area contributed by atoms with Gasteiger partial charge in [-0.3, -0.25) is 14.5 Å². The summed E-state index contributed by atoms with van der Waals surface area (Å²) in [5, 5.41) is 6.30. The molecule has 0 aliphatic carbocycles. The van der Waals surface area contributed by atoms with Crippen molar-refractivity contribution in [2.45, 2.75) is 12.6 Å². The molecule has 1 atom stereocenters. The van der Waals surface area contributed by atoms with Crippen molar-refractivity contribution in [3.63, 3.8) is 0 Å². The molecule has 3 aromatic rings. The van der Waals surface area contributed by atoms with Gasteiger partial charge >= 0.3 is 11.8 Å². The lowest BCUT2D eigenvalue weighted by Crippen LogP contribution is -2.42. The van der Waals surface area contributed by atoms with Crippen molar-refractivity contribution in [2.24, 2.45) is 0 Å². The van der Waals surface area contributed by atoms with Crippen LogP contribution in [0.5, 0.6) is 5.75 Å². The monoisotopic (exact) mass is 395 g/mol. The number of likely N-dealkylation sites (N-methyl/N-ethyl adjacent to an activating group) is 1. The highest BCUT2D eigenvalue weighted by Gasteiger charge is 2.22. The molecule has 0 aliphatic heterocycles. The summed E-state index contributed by atoms with van der Waals surface area (Å²) in [6.45, 7) is 0.449. The maximum Gasteiger partial charge on any atom is 0.309 e. The Morgan fingerprint density at radius 2 is 1.72 bits per heavy atom. The molecule has 3 rings (SSSR count). The highest BCUT2D eigenvalue weighted by Crippen LogP contribution is 2.26. The number of fused-ring (bicyclic) bond motifs is 1. The van der Waals surface area contributed by atoms with Crippen molar-refractivity contribution in [1.82, 2.24) is 15.5 Å². The molecular formula is C22H25N3O4. The van der Waals surface area contributed by atoms with Crippen LogP contribution in [0, 0.1) is 0 Å². The van der Waals surface area contributed by atoms with Crippen LogP contribution >= 0.6 is 0 Å². The second kappa shape index (κ2) is 9.25. The first-order valence-electron chi connectivity index (χ1n) is 9.32. The summed E-state index contributed by atoms with van der Waals surface area (Å²) in [5.41, 5.74) is 1.58. The minimum absolute atomic E-state index is 0.201. The van der Waals surface area contributed by atoms with E-state index in [1.807, 2.05) is 67.5 Å². The topological polar surface area (TPSA) is 83.8 Å². The van der Waals surface area contributed by atoms with Crippen molar-refractivity contribution in [1.29, 1.82) is 0 Å². The van der Waals surface area contributed by atoms with Crippen molar-refractivity contribution in [3.05, 3.63) is 65.9 Å². The van der Waals surface area contributed by atoms with Crippen LogP contribution in [-0.4, -0.2) is 44.5 Å². The van der Waals surface area contributed by atoms with Gasteiger partial charge in [0.2, 0.25) is 0 Å². The van der Waals surface area contributed by atoms with Crippen LogP contribution in [0.3, 0.4) is 0 Å². The molecule has 1 aromatic heterocycles. The molecule has 29 heavy (non-hydrogen) atoms. The molecular weight excluding hydrogens is 370 g/mol. The van der Waals surface area contributed by atoms with Gasteiger partial charge in [-0.1, -0.05) is 36.4 Å². The van der Waals surface area contributed by atoms with E-state index >= 15 is 0 Å². The number of rotatable bonds is 7. The van der Waals surface area contributed by atoms with E-state index in [4.69, 9.17) is 9.15 Å². The SMILES string of the molecule is COc1ccccc1CNC(=O)C(=O)NCC(c1cc2ccccc2o1)N(C)C. The minimum Gasteiger partial charge on any atom is -0.496 e. The number of nitrogens with one attached hydrogen (secondary N) is 2. The number of benzene rings is 2. The van der Waals surface area contributed by atoms with E-state index < -0.39 is 11.8 Å². The molecule has 7 nitrogen and oxygen atoms in total. The molecule has 2 aromatic carbocycles. The Labute approximate surface area is 169 Å². The van der Waals surface area contributed by atoms with Crippen molar-refractivity contribution in [3.8, 4) is 5.75 Å². The first kappa shape index (κ1) is 20.4. The third-order valence-corrected chi connectivity index (χ3v) is 4.69. The van der Waals surface area contributed by atoms with Gasteiger partial charge in [-0.2, -0.15) is 0 Å². The first-order valence-corrected chi connectivity index (χ1v) is 9.32. The standard InChI is InChI=1S/C22H25N3O4/c1-25(2)17(20-12-15-8-4-7-11-19(15)29-20)14-24-22(27)21(26)23-13-16-9-5-6-10-18(16)28-3/h4-12,17H,13-14H2,1-3H3,(H,23,26)(H,24,27). The summed E-state index contributed by atoms with van der Waals surface area (Å²) in [5.74, 6) is -0.00225. The number of hydrogen-bond acceptors (Lipinski definition) is 5. The molecule has 1 unspecified atom stereocenters. The van der Waals surface area contributed by atoms with E-state index in [9.17, 15) is 9.59 Å². The van der Waals surface area contributed by atoms with Crippen LogP contribution in [0.2, 0.25) is 0 Å². The third-order valence-electron chi connectivity index (χ3n) is 4.69. The van der Waals surface area contributed by atoms with Crippen LogP contribution in [0.15, 0.2) is 59.0 Å². The molecule has 152 valence electrons. The van der Waals surface area contributed by atoms with Gasteiger partial charge in [-0.25, -0.2) is 0 Å². The Bertz CT molecular complexity index is 963. The molecule has 0 radical (unpaired) electrons. The Balaban J connectivity index is 1.59. The summed E-state index contributed by atoms with van der Waals surface area (Å²) in [7, 11) is 5.35. The maximum absolute atomic E-state index is 12.2. The average Bonchev–Trinajstić information content (AvgIpc) is 3.15. The largest absolute Gasteiger partial charge is 0.496 e. The summed E-state index contributed by atoms with van der Waals surface area (Å²) in [6, 6.07) is 16.8. The lowest BCUT2D eigenvalue weighted by atomic mass is 10.2. The van der Waals surface area contributed by atoms with Gasteiger partial charge in [0.25, 0.3) is 0 Å². The van der Waals surface area contributed by atoms with E-state index in [1.165, 1.54) is 0 Å². The quantitative estimate of drug-likeness (QED) is 0.601. The molecule has 2 N–H and O–H groups in total. The van der Waals surface area contributed by atoms with Gasteiger partial charge in [-0.05, 0) is 32.3 Å². The zero-order valence-corrected chi connectivity index (χ0v) is 16.8. The molecule has 0 saturated heterocycles. The summed E-state index contributed by atoms with van der Waals surface area (Å²) < 4.78 is 11.2. The molecule has 0 bridgehead atoms. The number of carbonyl (C=O) groups is 2. The number of hydrogen-bond donors (Lipinski definition) is 2. The molecule has 0 aliphatic rings. The fraction of sp³-hybridized carbons (Fsp3) is 0.273. The van der Waals surface area contributed by atoms with Gasteiger partial charge in [0.05, 0.1) is 13.2 Å². The molecule has 0 saturated carbocycles. The van der Waals surface area contributed by atoms with E-state index in [0.717, 1.165) is 22.3 Å². The second-order valence-corrected chi connectivity index (χ2v) is 6.87. The van der Waals surface area contributed by atoms with Crippen LogP contribution < -0.4 is 15.4 Å². The minimum atomic E-state index is -0.696. The maximum atomic E-state index is 12.2. The first-order chi connectivity index (χ1) is 14.0. The third kappa shape index (κ3) is 4.94. The highest BCUT2D eigenvalue weighted by atomic mass is 16.5. The van der Waals surface area contributed by atoms with Crippen molar-refractivity contribution in [2.75, 3.05) is 27.7 Å². The van der Waals surface area contributed by atoms with Crippen LogP contribution in [0.4, 0.5) is 0 Å². The Kier molecular flexibility index (Phi) is 6.51. The zero-order chi connectivity index (χ0) is 20.8. The number of furan rings is 1. The van der Waals surface area contributed by atoms with Gasteiger partial charge < -0.3 is 19.8 Å². The summed E-state index contributed by atoms with van der Waals surface area (Å²) in [6.07, 6.45) is 0. The summed E-state index contributed by atoms with van der Waals surface area (Å²) in [4.78, 5) is 26.4. The fourth-order valence-electron chi connectivity index (χ4n) is 3.08. The van der Waals surface area contributed by atoms with Gasteiger partial charge in [-0.15, -0.1) is 0 Å². The Morgan fingerprint density at radius 3 is 2.45 bits per heavy atom. The van der Waals surface area contributed by atoms with Crippen LogP contribution in [-0.2, 0) is 16.1 Å². The number of ether oxygens (including phenoxy) is 1. The van der Waals surface area contributed by atoms with Gasteiger partial charge in [0, 0.05) is 24.0 Å². The molecule has 1 heterocycles. The van der Waals surface area contributed by atoms with Crippen molar-refractivity contribution >= 4 is 22.8 Å². The van der Waals surface area contributed by atoms with E-state index in [0.29, 0.717) is 5.75 Å². The van der Waals surface area contributed by atoms with Gasteiger partial charge in [0.15, 0.2) is 0 Å². The predicted molar refractivity (Wildman–Crippen MR) is 110 cm³/mol. The normalized spacial score (nSPS) is 12.0. The zero-order valence-electron chi connectivity index (χ0n) is 16.8. The second-order valence-electron chi connectivity index (χ2n) is 6.87. The van der Waals surface area contributed by atoms with Crippen LogP contribution in [0.25, 0.3) is 11.0 Å². The van der Waals surface area contributed by atoms with E-state index in [-0.39, 0.29) is 19.1 Å². The predicted octanol–water partition coefficient (Wildman–Crippen LogP) is 2.48. The lowest BCUT2D eigenvalue weighted by molar-refractivity contribution is -0.139. The average molecular weight is 395 g/mol. The molecule has 0 spiro atoms. The number of methoxy groups -OCH3 is 1. The number of amides is 2. The van der Waals surface area contributed by atoms with E-state index in [1.54, 1.807) is 13.2 Å². The number of nitrogens with zero attached hydrogens (tertiary/aromatic N) is 1. The molecule has 7 heteroatoms. The Hall–Kier alpha value is -3.32. The summed E-state index contributed by atoms with van der Waals surface area (Å²) >= 11 is 0.